The van der Waals surface area contributed by atoms with Gasteiger partial charge in [0.05, 0.1) is 25.9 Å². The number of halogens is 3. The van der Waals surface area contributed by atoms with E-state index >= 15 is 0 Å². The molecule has 0 aliphatic carbocycles. The minimum absolute atomic E-state index is 0.0324. The molecular formula is C20H18F3N4O9P. The Balaban J connectivity index is 1.58. The maximum Gasteiger partial charge on any atom is 0.515 e. The van der Waals surface area contributed by atoms with Crippen LogP contribution in [-0.4, -0.2) is 60.9 Å². The molecule has 198 valence electrons. The second-order valence-electron chi connectivity index (χ2n) is 7.67. The van der Waals surface area contributed by atoms with Crippen LogP contribution in [0.4, 0.5) is 40.0 Å². The highest BCUT2D eigenvalue weighted by Gasteiger charge is 2.43. The number of amides is 1. The Kier molecular flexibility index (Phi) is 7.14. The molecule has 1 saturated heterocycles. The molecule has 4 rings (SSSR count). The van der Waals surface area contributed by atoms with Gasteiger partial charge >= 0.3 is 20.0 Å². The van der Waals surface area contributed by atoms with Gasteiger partial charge in [0.1, 0.15) is 18.1 Å². The van der Waals surface area contributed by atoms with E-state index in [-0.39, 0.29) is 24.6 Å². The van der Waals surface area contributed by atoms with Crippen molar-refractivity contribution in [3.8, 4) is 0 Å². The van der Waals surface area contributed by atoms with E-state index in [0.717, 1.165) is 36.6 Å². The fourth-order valence-electron chi connectivity index (χ4n) is 3.64. The molecule has 0 spiro atoms. The summed E-state index contributed by atoms with van der Waals surface area (Å²) in [7, 11) is -4.08. The van der Waals surface area contributed by atoms with Crippen LogP contribution in [-0.2, 0) is 23.4 Å². The van der Waals surface area contributed by atoms with Crippen LogP contribution in [0, 0.1) is 17.5 Å². The maximum absolute atomic E-state index is 15.0. The van der Waals surface area contributed by atoms with Crippen LogP contribution in [0.1, 0.15) is 6.42 Å². The van der Waals surface area contributed by atoms with Gasteiger partial charge in [-0.3, -0.25) is 14.6 Å². The van der Waals surface area contributed by atoms with Gasteiger partial charge in [0.25, 0.3) is 0 Å². The van der Waals surface area contributed by atoms with E-state index in [1.165, 1.54) is 0 Å². The maximum atomic E-state index is 15.0. The summed E-state index contributed by atoms with van der Waals surface area (Å²) in [6.07, 6.45) is -0.757. The molecule has 37 heavy (non-hydrogen) atoms. The third-order valence-electron chi connectivity index (χ3n) is 5.34. The zero-order valence-electron chi connectivity index (χ0n) is 18.9. The number of anilines is 3. The molecule has 2 aromatic rings. The Bertz CT molecular complexity index is 1310. The molecule has 0 saturated carbocycles. The quantitative estimate of drug-likeness (QED) is 0.309. The normalized spacial score (nSPS) is 19.0. The lowest BCUT2D eigenvalue weighted by molar-refractivity contribution is -0.114. The Morgan fingerprint density at radius 1 is 1.32 bits per heavy atom. The first-order valence-electron chi connectivity index (χ1n) is 10.4. The fraction of sp³-hybridized carbons (Fsp3) is 0.300. The second-order valence-corrected chi connectivity index (χ2v) is 9.32. The lowest BCUT2D eigenvalue weighted by atomic mass is 10.1. The molecule has 2 aliphatic rings. The highest BCUT2D eigenvalue weighted by atomic mass is 31.2. The van der Waals surface area contributed by atoms with Gasteiger partial charge in [-0.25, -0.2) is 32.0 Å². The lowest BCUT2D eigenvalue weighted by Gasteiger charge is -2.26. The predicted octanol–water partition coefficient (Wildman–Crippen LogP) is 3.10. The van der Waals surface area contributed by atoms with Gasteiger partial charge in [-0.2, -0.15) is 0 Å². The summed E-state index contributed by atoms with van der Waals surface area (Å²) in [4.78, 5) is 47.1. The highest BCUT2D eigenvalue weighted by molar-refractivity contribution is 7.55. The standard InChI is InChI=1S/C20H18F3N4O9P/c1-33-20(30)36-37(31,32)27(15-4-7-34-24-15)10-12-9-26(19(29)35-12)14-8-13(21)18(17(23)16(14)22)25-5-2-11(28)3-6-25/h2,4-5,7-8,12H,3,6,9-10H2,1H3,(H,31,32)/t12-/m1/s1. The monoisotopic (exact) mass is 546 g/mol. The van der Waals surface area contributed by atoms with Gasteiger partial charge in [0, 0.05) is 31.3 Å². The minimum atomic E-state index is -4.98. The van der Waals surface area contributed by atoms with Crippen LogP contribution in [0.25, 0.3) is 0 Å². The highest BCUT2D eigenvalue weighted by Crippen LogP contribution is 2.49. The molecule has 2 atom stereocenters. The Morgan fingerprint density at radius 2 is 2.08 bits per heavy atom. The summed E-state index contributed by atoms with van der Waals surface area (Å²) in [6.45, 7) is -1.22. The summed E-state index contributed by atoms with van der Waals surface area (Å²) >= 11 is 0. The molecule has 1 amide bonds. The summed E-state index contributed by atoms with van der Waals surface area (Å²) < 4.78 is 76.3. The number of methoxy groups -OCH3 is 1. The lowest BCUT2D eigenvalue weighted by Crippen LogP contribution is -2.34. The number of ketones is 1. The average Bonchev–Trinajstić information content (AvgIpc) is 3.50. The molecule has 1 unspecified atom stereocenters. The zero-order chi connectivity index (χ0) is 26.9. The average molecular weight is 546 g/mol. The Labute approximate surface area is 206 Å². The molecule has 0 bridgehead atoms. The molecule has 1 aromatic heterocycles. The topological polar surface area (TPSA) is 152 Å². The van der Waals surface area contributed by atoms with Crippen molar-refractivity contribution in [1.29, 1.82) is 0 Å². The van der Waals surface area contributed by atoms with E-state index in [2.05, 4.69) is 18.9 Å². The van der Waals surface area contributed by atoms with Crippen LogP contribution in [0.15, 0.2) is 35.2 Å². The first kappa shape index (κ1) is 26.0. The van der Waals surface area contributed by atoms with Crippen molar-refractivity contribution in [2.24, 2.45) is 0 Å². The summed E-state index contributed by atoms with van der Waals surface area (Å²) in [5.41, 5.74) is -1.53. The number of ether oxygens (including phenoxy) is 2. The number of hydrogen-bond donors (Lipinski definition) is 1. The minimum Gasteiger partial charge on any atom is -0.442 e. The summed E-state index contributed by atoms with van der Waals surface area (Å²) in [5.74, 6) is -4.91. The van der Waals surface area contributed by atoms with Crippen molar-refractivity contribution in [2.75, 3.05) is 41.2 Å². The molecule has 13 nitrogen and oxygen atoms in total. The van der Waals surface area contributed by atoms with Crippen LogP contribution in [0.3, 0.4) is 0 Å². The number of rotatable bonds is 7. The Hall–Kier alpha value is -4.04. The number of carbonyl (C=O) groups excluding carboxylic acids is 3. The number of carbonyl (C=O) groups is 3. The van der Waals surface area contributed by atoms with Crippen molar-refractivity contribution < 1.29 is 55.5 Å². The predicted molar refractivity (Wildman–Crippen MR) is 117 cm³/mol. The van der Waals surface area contributed by atoms with E-state index in [1.54, 1.807) is 0 Å². The van der Waals surface area contributed by atoms with Crippen molar-refractivity contribution in [1.82, 2.24) is 5.16 Å². The number of benzene rings is 1. The fourth-order valence-corrected chi connectivity index (χ4v) is 4.75. The van der Waals surface area contributed by atoms with Gasteiger partial charge in [0.15, 0.2) is 29.1 Å². The van der Waals surface area contributed by atoms with Gasteiger partial charge in [-0.1, -0.05) is 5.16 Å². The SMILES string of the molecule is COC(=O)OP(=O)(O)N(C[C@H]1CN(c2cc(F)c(N3C=CC(=O)CC3)c(F)c2F)C(=O)O1)c1ccon1. The van der Waals surface area contributed by atoms with E-state index in [4.69, 9.17) is 4.74 Å². The number of aromatic nitrogens is 1. The van der Waals surface area contributed by atoms with Gasteiger partial charge in [-0.15, -0.1) is 0 Å². The van der Waals surface area contributed by atoms with Crippen molar-refractivity contribution >= 4 is 43.0 Å². The van der Waals surface area contributed by atoms with Gasteiger partial charge in [0.2, 0.25) is 0 Å². The summed E-state index contributed by atoms with van der Waals surface area (Å²) in [6, 6.07) is 1.73. The van der Waals surface area contributed by atoms with Crippen LogP contribution in [0.2, 0.25) is 0 Å². The number of cyclic esters (lactones) is 1. The molecule has 17 heteroatoms. The molecule has 1 fully saturated rings. The van der Waals surface area contributed by atoms with Gasteiger partial charge in [-0.05, 0) is 6.08 Å². The first-order valence-corrected chi connectivity index (χ1v) is 12.0. The van der Waals surface area contributed by atoms with E-state index in [0.29, 0.717) is 15.6 Å². The number of hydrogen-bond acceptors (Lipinski definition) is 10. The number of nitrogens with zero attached hydrogens (tertiary/aromatic N) is 4. The smallest absolute Gasteiger partial charge is 0.442 e. The largest absolute Gasteiger partial charge is 0.515 e. The Morgan fingerprint density at radius 3 is 2.70 bits per heavy atom. The van der Waals surface area contributed by atoms with Crippen molar-refractivity contribution in [3.05, 3.63) is 48.1 Å². The second kappa shape index (κ2) is 10.1. The molecule has 0 radical (unpaired) electrons. The van der Waals surface area contributed by atoms with E-state index in [9.17, 15) is 37.0 Å². The van der Waals surface area contributed by atoms with E-state index < -0.39 is 68.0 Å². The number of allylic oxidation sites excluding steroid dienone is 1. The van der Waals surface area contributed by atoms with Crippen LogP contribution in [0.5, 0.6) is 0 Å². The molecule has 2 aliphatic heterocycles. The molecule has 3 heterocycles. The first-order chi connectivity index (χ1) is 17.5. The van der Waals surface area contributed by atoms with Crippen molar-refractivity contribution in [2.45, 2.75) is 12.5 Å². The molecule has 1 aromatic carbocycles. The summed E-state index contributed by atoms with van der Waals surface area (Å²) in [5, 5.41) is 3.49. The third-order valence-corrected chi connectivity index (χ3v) is 6.70. The van der Waals surface area contributed by atoms with Crippen LogP contribution >= 0.6 is 7.75 Å². The van der Waals surface area contributed by atoms with Crippen molar-refractivity contribution in [3.63, 3.8) is 0 Å². The molecular weight excluding hydrogens is 528 g/mol. The van der Waals surface area contributed by atoms with Crippen LogP contribution < -0.4 is 14.5 Å². The van der Waals surface area contributed by atoms with E-state index in [1.807, 2.05) is 0 Å². The van der Waals surface area contributed by atoms with Gasteiger partial charge < -0.3 is 23.4 Å². The zero-order valence-corrected chi connectivity index (χ0v) is 19.8. The third kappa shape index (κ3) is 5.24. The molecule has 1 N–H and O–H groups in total.